The summed E-state index contributed by atoms with van der Waals surface area (Å²) < 4.78 is 0. The third-order valence-electron chi connectivity index (χ3n) is 4.54. The monoisotopic (exact) mass is 420 g/mol. The molecule has 0 spiro atoms. The lowest BCUT2D eigenvalue weighted by Gasteiger charge is -2.18. The van der Waals surface area contributed by atoms with Crippen LogP contribution in [0.25, 0.3) is 10.9 Å². The van der Waals surface area contributed by atoms with Gasteiger partial charge in [0.05, 0.1) is 28.8 Å². The molecule has 0 aliphatic heterocycles. The average molecular weight is 421 g/mol. The Kier molecular flexibility index (Phi) is 5.87. The van der Waals surface area contributed by atoms with E-state index in [2.05, 4.69) is 15.0 Å². The smallest absolute Gasteiger partial charge is 0.255 e. The number of amides is 1. The number of aryl methyl sites for hydroxylation is 1. The van der Waals surface area contributed by atoms with Crippen molar-refractivity contribution in [3.05, 3.63) is 82.2 Å². The lowest BCUT2D eigenvalue weighted by molar-refractivity contribution is 0.0778. The molecule has 0 aliphatic carbocycles. The van der Waals surface area contributed by atoms with Gasteiger partial charge in [-0.3, -0.25) is 4.79 Å². The van der Waals surface area contributed by atoms with Gasteiger partial charge in [0.1, 0.15) is 5.82 Å². The highest BCUT2D eigenvalue weighted by Gasteiger charge is 2.18. The van der Waals surface area contributed by atoms with E-state index in [0.717, 1.165) is 32.9 Å². The predicted molar refractivity (Wildman–Crippen MR) is 118 cm³/mol. The molecular formula is C22H20N4OS2. The molecule has 0 bridgehead atoms. The molecule has 0 saturated heterocycles. The molecule has 2 heterocycles. The normalized spacial score (nSPS) is 11.0. The van der Waals surface area contributed by atoms with E-state index in [1.807, 2.05) is 66.3 Å². The standard InChI is InChI=1S/C22H20N4OS2/c1-15-17-7-3-5-9-19(17)25-21(24-15)11-26(2)22(27)18-8-4-6-10-20(18)29-13-16-12-28-14-23-16/h3-10,12,14H,11,13H2,1-2H3. The number of carbonyl (C=O) groups is 1. The van der Waals surface area contributed by atoms with Crippen LogP contribution in [0.3, 0.4) is 0 Å². The maximum Gasteiger partial charge on any atom is 0.255 e. The van der Waals surface area contributed by atoms with Gasteiger partial charge in [-0.05, 0) is 25.1 Å². The summed E-state index contributed by atoms with van der Waals surface area (Å²) in [4.78, 5) is 29.3. The molecule has 0 unspecified atom stereocenters. The second-order valence-electron chi connectivity index (χ2n) is 6.67. The number of hydrogen-bond donors (Lipinski definition) is 0. The summed E-state index contributed by atoms with van der Waals surface area (Å²) in [6.07, 6.45) is 0. The number of para-hydroxylation sites is 1. The van der Waals surface area contributed by atoms with E-state index in [1.54, 1.807) is 35.0 Å². The second kappa shape index (κ2) is 8.71. The Bertz CT molecular complexity index is 1140. The summed E-state index contributed by atoms with van der Waals surface area (Å²) in [6, 6.07) is 15.6. The molecule has 0 saturated carbocycles. The van der Waals surface area contributed by atoms with E-state index in [1.165, 1.54) is 0 Å². The SMILES string of the molecule is Cc1nc(CN(C)C(=O)c2ccccc2SCc2cscn2)nc2ccccc12. The van der Waals surface area contributed by atoms with Gasteiger partial charge in [0.2, 0.25) is 0 Å². The fourth-order valence-electron chi connectivity index (χ4n) is 3.08. The van der Waals surface area contributed by atoms with Crippen LogP contribution >= 0.6 is 23.1 Å². The van der Waals surface area contributed by atoms with E-state index in [-0.39, 0.29) is 5.91 Å². The van der Waals surface area contributed by atoms with Crippen LogP contribution < -0.4 is 0 Å². The molecule has 1 amide bonds. The number of fused-ring (bicyclic) bond motifs is 1. The number of carbonyl (C=O) groups excluding carboxylic acids is 1. The van der Waals surface area contributed by atoms with Gasteiger partial charge in [-0.1, -0.05) is 30.3 Å². The molecule has 0 fully saturated rings. The predicted octanol–water partition coefficient (Wildman–Crippen LogP) is 4.96. The topological polar surface area (TPSA) is 59.0 Å². The van der Waals surface area contributed by atoms with Crippen LogP contribution in [-0.2, 0) is 12.3 Å². The molecule has 29 heavy (non-hydrogen) atoms. The largest absolute Gasteiger partial charge is 0.334 e. The minimum atomic E-state index is -0.0409. The van der Waals surface area contributed by atoms with Crippen molar-refractivity contribution >= 4 is 39.9 Å². The molecule has 2 aromatic carbocycles. The Balaban J connectivity index is 1.52. The van der Waals surface area contributed by atoms with E-state index in [4.69, 9.17) is 0 Å². The summed E-state index contributed by atoms with van der Waals surface area (Å²) in [5.74, 6) is 1.34. The lowest BCUT2D eigenvalue weighted by atomic mass is 10.2. The van der Waals surface area contributed by atoms with Crippen molar-refractivity contribution in [1.82, 2.24) is 19.9 Å². The fourth-order valence-corrected chi connectivity index (χ4v) is 4.70. The van der Waals surface area contributed by atoms with E-state index < -0.39 is 0 Å². The maximum atomic E-state index is 13.1. The molecule has 0 N–H and O–H groups in total. The van der Waals surface area contributed by atoms with Crippen LogP contribution in [0, 0.1) is 6.92 Å². The lowest BCUT2D eigenvalue weighted by Crippen LogP contribution is -2.27. The first-order chi connectivity index (χ1) is 14.1. The molecule has 146 valence electrons. The molecule has 4 rings (SSSR count). The molecular weight excluding hydrogens is 400 g/mol. The third kappa shape index (κ3) is 4.46. The molecule has 2 aromatic heterocycles. The maximum absolute atomic E-state index is 13.1. The van der Waals surface area contributed by atoms with E-state index in [0.29, 0.717) is 17.9 Å². The summed E-state index contributed by atoms with van der Waals surface area (Å²) in [5.41, 5.74) is 5.36. The Morgan fingerprint density at radius 2 is 1.90 bits per heavy atom. The first-order valence-corrected chi connectivity index (χ1v) is 11.1. The van der Waals surface area contributed by atoms with Gasteiger partial charge in [-0.25, -0.2) is 15.0 Å². The van der Waals surface area contributed by atoms with Crippen molar-refractivity contribution in [2.75, 3.05) is 7.05 Å². The molecule has 5 nitrogen and oxygen atoms in total. The van der Waals surface area contributed by atoms with Crippen LogP contribution in [0.5, 0.6) is 0 Å². The van der Waals surface area contributed by atoms with Gasteiger partial charge in [0, 0.05) is 34.2 Å². The molecule has 0 radical (unpaired) electrons. The zero-order valence-electron chi connectivity index (χ0n) is 16.2. The molecule has 0 aliphatic rings. The van der Waals surface area contributed by atoms with Crippen molar-refractivity contribution in [2.45, 2.75) is 24.1 Å². The molecule has 0 atom stereocenters. The van der Waals surface area contributed by atoms with Crippen LogP contribution in [0.2, 0.25) is 0 Å². The Labute approximate surface area is 177 Å². The highest BCUT2D eigenvalue weighted by molar-refractivity contribution is 7.98. The van der Waals surface area contributed by atoms with Gasteiger partial charge in [0.25, 0.3) is 5.91 Å². The summed E-state index contributed by atoms with van der Waals surface area (Å²) in [5, 5.41) is 3.07. The number of nitrogens with zero attached hydrogens (tertiary/aromatic N) is 4. The first-order valence-electron chi connectivity index (χ1n) is 9.18. The zero-order chi connectivity index (χ0) is 20.2. The van der Waals surface area contributed by atoms with Crippen molar-refractivity contribution in [3.63, 3.8) is 0 Å². The highest BCUT2D eigenvalue weighted by atomic mass is 32.2. The summed E-state index contributed by atoms with van der Waals surface area (Å²) >= 11 is 3.21. The van der Waals surface area contributed by atoms with Crippen molar-refractivity contribution < 1.29 is 4.79 Å². The fraction of sp³-hybridized carbons (Fsp3) is 0.182. The van der Waals surface area contributed by atoms with E-state index in [9.17, 15) is 4.79 Å². The zero-order valence-corrected chi connectivity index (χ0v) is 17.8. The van der Waals surface area contributed by atoms with Gasteiger partial charge < -0.3 is 4.90 Å². The van der Waals surface area contributed by atoms with Gasteiger partial charge in [-0.2, -0.15) is 0 Å². The van der Waals surface area contributed by atoms with Crippen molar-refractivity contribution in [2.24, 2.45) is 0 Å². The van der Waals surface area contributed by atoms with Crippen LogP contribution in [0.1, 0.15) is 27.6 Å². The average Bonchev–Trinajstić information content (AvgIpc) is 3.25. The Morgan fingerprint density at radius 1 is 1.10 bits per heavy atom. The Morgan fingerprint density at radius 3 is 2.72 bits per heavy atom. The van der Waals surface area contributed by atoms with Gasteiger partial charge in [-0.15, -0.1) is 23.1 Å². The first kappa shape index (κ1) is 19.5. The van der Waals surface area contributed by atoms with Crippen molar-refractivity contribution in [3.8, 4) is 0 Å². The molecule has 7 heteroatoms. The van der Waals surface area contributed by atoms with E-state index >= 15 is 0 Å². The quantitative estimate of drug-likeness (QED) is 0.413. The van der Waals surface area contributed by atoms with Gasteiger partial charge in [0.15, 0.2) is 0 Å². The Hall–Kier alpha value is -2.77. The number of rotatable bonds is 6. The third-order valence-corrected chi connectivity index (χ3v) is 6.28. The summed E-state index contributed by atoms with van der Waals surface area (Å²) in [6.45, 7) is 2.33. The van der Waals surface area contributed by atoms with Crippen LogP contribution in [0.4, 0.5) is 0 Å². The van der Waals surface area contributed by atoms with Gasteiger partial charge >= 0.3 is 0 Å². The summed E-state index contributed by atoms with van der Waals surface area (Å²) in [7, 11) is 1.79. The molecule has 4 aromatic rings. The van der Waals surface area contributed by atoms with Crippen LogP contribution in [0.15, 0.2) is 64.3 Å². The number of thioether (sulfide) groups is 1. The number of hydrogen-bond acceptors (Lipinski definition) is 6. The number of benzene rings is 2. The highest BCUT2D eigenvalue weighted by Crippen LogP contribution is 2.27. The number of thiazole rings is 1. The van der Waals surface area contributed by atoms with Crippen molar-refractivity contribution in [1.29, 1.82) is 0 Å². The number of aromatic nitrogens is 3. The second-order valence-corrected chi connectivity index (χ2v) is 8.40. The minimum Gasteiger partial charge on any atom is -0.334 e. The van der Waals surface area contributed by atoms with Crippen LogP contribution in [-0.4, -0.2) is 32.8 Å². The minimum absolute atomic E-state index is 0.0409.